The Hall–Kier alpha value is -2.56. The van der Waals surface area contributed by atoms with E-state index in [0.29, 0.717) is 5.69 Å². The van der Waals surface area contributed by atoms with Crippen LogP contribution in [0.4, 0.5) is 5.69 Å². The number of nitrogens with zero attached hydrogens (tertiary/aromatic N) is 1. The zero-order chi connectivity index (χ0) is 31.3. The highest BCUT2D eigenvalue weighted by molar-refractivity contribution is 7.80. The monoisotopic (exact) mass is 598 g/mol. The number of allylic oxidation sites excluding steroid dienone is 1. The first-order valence-corrected chi connectivity index (χ1v) is 16.5. The quantitative estimate of drug-likeness (QED) is 0.177. The van der Waals surface area contributed by atoms with Gasteiger partial charge in [0.05, 0.1) is 15.2 Å². The predicted molar refractivity (Wildman–Crippen MR) is 190 cm³/mol. The minimum absolute atomic E-state index is 0.0563. The molecule has 224 valence electrons. The molecule has 1 atom stereocenters. The molecule has 5 rings (SSSR count). The van der Waals surface area contributed by atoms with Crippen molar-refractivity contribution in [3.63, 3.8) is 0 Å². The Morgan fingerprint density at radius 1 is 0.952 bits per heavy atom. The van der Waals surface area contributed by atoms with E-state index in [1.54, 1.807) is 11.3 Å². The molecule has 1 heterocycles. The molecule has 0 bridgehead atoms. The molecule has 0 spiro atoms. The number of nitrogens with two attached hydrogens (primary N) is 1. The fourth-order valence-electron chi connectivity index (χ4n) is 6.32. The van der Waals surface area contributed by atoms with Gasteiger partial charge in [0.2, 0.25) is 0 Å². The largest absolute Gasteiger partial charge is 0.398 e. The second-order valence-corrected chi connectivity index (χ2v) is 15.9. The first-order valence-electron chi connectivity index (χ1n) is 15.3. The Balaban J connectivity index is 0.000000208. The molecule has 0 saturated heterocycles. The molecule has 2 N–H and O–H groups in total. The van der Waals surface area contributed by atoms with E-state index < -0.39 is 0 Å². The highest BCUT2D eigenvalue weighted by atomic mass is 32.1. The molecule has 1 unspecified atom stereocenters. The lowest BCUT2D eigenvalue weighted by atomic mass is 9.74. The second-order valence-electron chi connectivity index (χ2n) is 14.4. The van der Waals surface area contributed by atoms with Gasteiger partial charge >= 0.3 is 0 Å². The van der Waals surface area contributed by atoms with Gasteiger partial charge in [-0.1, -0.05) is 117 Å². The van der Waals surface area contributed by atoms with Crippen molar-refractivity contribution in [2.45, 2.75) is 115 Å². The lowest BCUT2D eigenvalue weighted by molar-refractivity contribution is 0.424. The molecule has 1 aliphatic carbocycles. The Morgan fingerprint density at radius 3 is 2.12 bits per heavy atom. The van der Waals surface area contributed by atoms with Crippen molar-refractivity contribution in [3.8, 4) is 0 Å². The molecule has 1 aromatic heterocycles. The third kappa shape index (κ3) is 6.08. The van der Waals surface area contributed by atoms with Crippen LogP contribution in [0.3, 0.4) is 0 Å². The molecule has 4 heteroatoms. The van der Waals surface area contributed by atoms with E-state index in [1.165, 1.54) is 37.5 Å². The van der Waals surface area contributed by atoms with E-state index in [9.17, 15) is 0 Å². The number of fused-ring (bicyclic) bond motifs is 2. The van der Waals surface area contributed by atoms with Crippen LogP contribution in [0.15, 0.2) is 66.1 Å². The smallest absolute Gasteiger partial charge is 0.0997 e. The molecular formula is C38H50N2S2. The summed E-state index contributed by atoms with van der Waals surface area (Å²) in [6.07, 6.45) is 3.35. The minimum Gasteiger partial charge on any atom is -0.398 e. The lowest BCUT2D eigenvalue weighted by Crippen LogP contribution is -2.24. The summed E-state index contributed by atoms with van der Waals surface area (Å²) >= 11 is 6.12. The average molecular weight is 599 g/mol. The molecule has 0 aliphatic heterocycles. The van der Waals surface area contributed by atoms with Gasteiger partial charge in [-0.3, -0.25) is 0 Å². The Labute approximate surface area is 264 Å². The van der Waals surface area contributed by atoms with Gasteiger partial charge in [0.25, 0.3) is 0 Å². The fraction of sp³-hybridized carbons (Fsp3) is 0.447. The third-order valence-electron chi connectivity index (χ3n) is 9.63. The summed E-state index contributed by atoms with van der Waals surface area (Å²) in [5.74, 6) is 0. The molecule has 1 aliphatic rings. The van der Waals surface area contributed by atoms with Gasteiger partial charge in [0, 0.05) is 21.4 Å². The molecule has 0 fully saturated rings. The van der Waals surface area contributed by atoms with E-state index >= 15 is 0 Å². The van der Waals surface area contributed by atoms with Gasteiger partial charge in [0.1, 0.15) is 0 Å². The van der Waals surface area contributed by atoms with Crippen molar-refractivity contribution in [2.75, 3.05) is 5.73 Å². The first kappa shape index (κ1) is 32.4. The minimum atomic E-state index is 0.0563. The summed E-state index contributed by atoms with van der Waals surface area (Å²) in [4.78, 5) is 5.57. The first-order chi connectivity index (χ1) is 19.4. The predicted octanol–water partition coefficient (Wildman–Crippen LogP) is 11.2. The zero-order valence-corrected chi connectivity index (χ0v) is 29.1. The molecule has 0 amide bonds. The Morgan fingerprint density at radius 2 is 1.57 bits per heavy atom. The van der Waals surface area contributed by atoms with Gasteiger partial charge in [-0.05, 0) is 77.0 Å². The Kier molecular flexibility index (Phi) is 8.86. The number of rotatable bonds is 5. The summed E-state index contributed by atoms with van der Waals surface area (Å²) in [6.45, 7) is 26.9. The van der Waals surface area contributed by atoms with Crippen LogP contribution in [0.25, 0.3) is 15.8 Å². The van der Waals surface area contributed by atoms with Crippen LogP contribution in [0.2, 0.25) is 0 Å². The highest BCUT2D eigenvalue weighted by Crippen LogP contribution is 2.53. The number of aromatic nitrogens is 1. The fourth-order valence-corrected chi connectivity index (χ4v) is 7.87. The van der Waals surface area contributed by atoms with E-state index in [0.717, 1.165) is 35.2 Å². The molecule has 3 aromatic carbocycles. The van der Waals surface area contributed by atoms with Crippen molar-refractivity contribution in [1.29, 1.82) is 0 Å². The van der Waals surface area contributed by atoms with E-state index in [4.69, 9.17) is 10.7 Å². The number of hydrogen-bond acceptors (Lipinski definition) is 4. The Bertz CT molecular complexity index is 1560. The maximum absolute atomic E-state index is 5.86. The molecule has 0 saturated carbocycles. The number of thiol groups is 1. The number of hydrogen-bond donors (Lipinski definition) is 2. The van der Waals surface area contributed by atoms with Crippen LogP contribution >= 0.6 is 24.0 Å². The summed E-state index contributed by atoms with van der Waals surface area (Å²) in [7, 11) is 0. The normalized spacial score (nSPS) is 18.0. The zero-order valence-electron chi connectivity index (χ0n) is 27.4. The van der Waals surface area contributed by atoms with Gasteiger partial charge in [-0.15, -0.1) is 24.0 Å². The number of benzene rings is 3. The van der Waals surface area contributed by atoms with Crippen LogP contribution in [0.1, 0.15) is 121 Å². The van der Waals surface area contributed by atoms with Gasteiger partial charge < -0.3 is 5.73 Å². The van der Waals surface area contributed by atoms with Crippen LogP contribution < -0.4 is 5.73 Å². The van der Waals surface area contributed by atoms with Gasteiger partial charge in [0.15, 0.2) is 0 Å². The van der Waals surface area contributed by atoms with Gasteiger partial charge in [-0.25, -0.2) is 4.98 Å². The SMILES string of the molecule is C=C(C)c1ccc2c(c1)C(C)(c1ccc(C(C)(C)C)cc1)CC2(C)C.CCC(C)(CC)c1nc2cc(N)c(S)cc2s1. The summed E-state index contributed by atoms with van der Waals surface area (Å²) in [5, 5.41) is 1.20. The number of thiazole rings is 1. The summed E-state index contributed by atoms with van der Waals surface area (Å²) in [6, 6.07) is 20.2. The van der Waals surface area contributed by atoms with Crippen LogP contribution in [0, 0.1) is 0 Å². The van der Waals surface area contributed by atoms with Crippen molar-refractivity contribution < 1.29 is 0 Å². The average Bonchev–Trinajstić information content (AvgIpc) is 3.44. The van der Waals surface area contributed by atoms with Crippen LogP contribution in [-0.2, 0) is 21.7 Å². The maximum atomic E-state index is 5.86. The van der Waals surface area contributed by atoms with Crippen molar-refractivity contribution in [2.24, 2.45) is 0 Å². The molecule has 4 aromatic rings. The summed E-state index contributed by atoms with van der Waals surface area (Å²) in [5.41, 5.74) is 16.3. The van der Waals surface area contributed by atoms with Crippen molar-refractivity contribution in [1.82, 2.24) is 4.98 Å². The summed E-state index contributed by atoms with van der Waals surface area (Å²) < 4.78 is 1.17. The van der Waals surface area contributed by atoms with E-state index in [2.05, 4.69) is 131 Å². The van der Waals surface area contributed by atoms with E-state index in [-0.39, 0.29) is 21.7 Å². The molecule has 0 radical (unpaired) electrons. The lowest BCUT2D eigenvalue weighted by Gasteiger charge is -2.29. The number of nitrogen functional groups attached to an aromatic ring is 1. The standard InChI is InChI=1S/C25H32.C13H18N2S2/c1-17(2)18-9-14-21-22(15-18)25(8,16-24(21,6)7)20-12-10-19(11-13-20)23(3,4)5;1-4-13(3,5-2)12-15-9-6-8(14)10(16)7-11(9)17-12/h9-15H,1,16H2,2-8H3;6-7,16H,4-5,14H2,1-3H3. The van der Waals surface area contributed by atoms with Crippen molar-refractivity contribution in [3.05, 3.63) is 94.0 Å². The second kappa shape index (κ2) is 11.5. The van der Waals surface area contributed by atoms with Crippen molar-refractivity contribution >= 4 is 45.4 Å². The highest BCUT2D eigenvalue weighted by Gasteiger charge is 2.45. The van der Waals surface area contributed by atoms with Gasteiger partial charge in [-0.2, -0.15) is 0 Å². The third-order valence-corrected chi connectivity index (χ3v) is 11.3. The maximum Gasteiger partial charge on any atom is 0.0997 e. The molecular weight excluding hydrogens is 549 g/mol. The van der Waals surface area contributed by atoms with Crippen LogP contribution in [0.5, 0.6) is 0 Å². The molecule has 42 heavy (non-hydrogen) atoms. The topological polar surface area (TPSA) is 38.9 Å². The van der Waals surface area contributed by atoms with Crippen LogP contribution in [-0.4, -0.2) is 4.98 Å². The molecule has 2 nitrogen and oxygen atoms in total. The number of anilines is 1. The van der Waals surface area contributed by atoms with E-state index in [1.807, 2.05) is 12.1 Å².